The van der Waals surface area contributed by atoms with E-state index in [2.05, 4.69) is 11.6 Å². The molecule has 3 N–H and O–H groups in total. The number of nitrogens with two attached hydrogens (primary N) is 1. The molecule has 7 nitrogen and oxygen atoms in total. The summed E-state index contributed by atoms with van der Waals surface area (Å²) in [4.78, 5) is 28.6. The summed E-state index contributed by atoms with van der Waals surface area (Å²) in [6.07, 6.45) is 1.43. The molecule has 2 aromatic rings. The molecule has 3 rings (SSSR count). The Labute approximate surface area is 167 Å². The van der Waals surface area contributed by atoms with Gasteiger partial charge in [0, 0.05) is 5.56 Å². The van der Waals surface area contributed by atoms with Crippen LogP contribution in [0.3, 0.4) is 0 Å². The van der Waals surface area contributed by atoms with Gasteiger partial charge in [-0.05, 0) is 43.4 Å². The lowest BCUT2D eigenvalue weighted by atomic mass is 9.83. The maximum Gasteiger partial charge on any atom is 0.338 e. The minimum Gasteiger partial charge on any atom is -0.458 e. The number of aryl methyl sites for hydroxylation is 2. The van der Waals surface area contributed by atoms with Crippen molar-refractivity contribution in [3.63, 3.8) is 0 Å². The first-order valence-electron chi connectivity index (χ1n) is 8.99. The summed E-state index contributed by atoms with van der Waals surface area (Å²) >= 11 is 0. The van der Waals surface area contributed by atoms with Crippen molar-refractivity contribution in [2.45, 2.75) is 26.7 Å². The Morgan fingerprint density at radius 3 is 2.79 bits per heavy atom. The number of ether oxygens (including phenoxy) is 2. The fraction of sp³-hybridized carbons (Fsp3) is 0.227. The summed E-state index contributed by atoms with van der Waals surface area (Å²) < 4.78 is 10.6. The molecule has 148 valence electrons. The smallest absolute Gasteiger partial charge is 0.338 e. The van der Waals surface area contributed by atoms with E-state index in [0.717, 1.165) is 16.5 Å². The summed E-state index contributed by atoms with van der Waals surface area (Å²) in [6.45, 7) is 8.92. The fourth-order valence-corrected chi connectivity index (χ4v) is 3.43. The highest BCUT2D eigenvalue weighted by Gasteiger charge is 2.37. The summed E-state index contributed by atoms with van der Waals surface area (Å²) in [5.74, 6) is -1.66. The highest BCUT2D eigenvalue weighted by molar-refractivity contribution is 5.93. The number of benzene rings is 1. The van der Waals surface area contributed by atoms with E-state index in [4.69, 9.17) is 15.2 Å². The fourth-order valence-electron chi connectivity index (χ4n) is 3.43. The first kappa shape index (κ1) is 20.0. The number of rotatable bonds is 4. The van der Waals surface area contributed by atoms with Gasteiger partial charge in [0.2, 0.25) is 5.88 Å². The van der Waals surface area contributed by atoms with Crippen LogP contribution in [0.4, 0.5) is 0 Å². The molecule has 1 aromatic heterocycles. The molecule has 0 radical (unpaired) electrons. The second kappa shape index (κ2) is 7.68. The molecule has 0 saturated heterocycles. The molecule has 1 atom stereocenters. The highest BCUT2D eigenvalue weighted by atomic mass is 16.5. The van der Waals surface area contributed by atoms with Crippen LogP contribution >= 0.6 is 0 Å². The number of pyridine rings is 1. The molecule has 1 aliphatic rings. The van der Waals surface area contributed by atoms with Crippen LogP contribution in [-0.2, 0) is 14.3 Å². The van der Waals surface area contributed by atoms with E-state index in [-0.39, 0.29) is 35.0 Å². The van der Waals surface area contributed by atoms with Crippen molar-refractivity contribution in [2.24, 2.45) is 5.73 Å². The summed E-state index contributed by atoms with van der Waals surface area (Å²) in [6, 6.07) is 7.47. The SMILES string of the molecule is C=CCOC(=O)C1=C(C)OC(N)=C(C#N)[C@H]1c1cc2ccc(C)c(C)c2[nH]c1=O. The predicted molar refractivity (Wildman–Crippen MR) is 109 cm³/mol. The zero-order valence-corrected chi connectivity index (χ0v) is 16.5. The van der Waals surface area contributed by atoms with E-state index in [1.165, 1.54) is 6.08 Å². The Kier molecular flexibility index (Phi) is 5.29. The van der Waals surface area contributed by atoms with Crippen LogP contribution in [0.15, 0.2) is 58.4 Å². The Hall–Kier alpha value is -3.79. The van der Waals surface area contributed by atoms with Gasteiger partial charge in [-0.15, -0.1) is 0 Å². The van der Waals surface area contributed by atoms with Crippen LogP contribution in [0.2, 0.25) is 0 Å². The number of nitrogens with one attached hydrogen (secondary N) is 1. The molecule has 0 spiro atoms. The van der Waals surface area contributed by atoms with Gasteiger partial charge in [-0.25, -0.2) is 4.79 Å². The monoisotopic (exact) mass is 391 g/mol. The van der Waals surface area contributed by atoms with Crippen LogP contribution in [-0.4, -0.2) is 17.6 Å². The van der Waals surface area contributed by atoms with Gasteiger partial charge >= 0.3 is 5.97 Å². The largest absolute Gasteiger partial charge is 0.458 e. The number of nitrogens with zero attached hydrogens (tertiary/aromatic N) is 1. The summed E-state index contributed by atoms with van der Waals surface area (Å²) in [5, 5.41) is 10.4. The molecular weight excluding hydrogens is 370 g/mol. The number of fused-ring (bicyclic) bond motifs is 1. The predicted octanol–water partition coefficient (Wildman–Crippen LogP) is 2.96. The van der Waals surface area contributed by atoms with Gasteiger partial charge in [0.1, 0.15) is 24.0 Å². The molecule has 1 aliphatic heterocycles. The van der Waals surface area contributed by atoms with Crippen molar-refractivity contribution < 1.29 is 14.3 Å². The number of carbonyl (C=O) groups is 1. The van der Waals surface area contributed by atoms with Crippen LogP contribution in [0.5, 0.6) is 0 Å². The van der Waals surface area contributed by atoms with Gasteiger partial charge in [-0.1, -0.05) is 24.8 Å². The average Bonchev–Trinajstić information content (AvgIpc) is 2.68. The summed E-state index contributed by atoms with van der Waals surface area (Å²) in [5.41, 5.74) is 8.44. The standard InChI is InChI=1S/C22H21N3O4/c1-5-8-28-22(27)17-13(4)29-20(24)16(10-23)18(17)15-9-14-7-6-11(2)12(3)19(14)25-21(15)26/h5-7,9,18H,1,8,24H2,2-4H3,(H,25,26)/t18-/m1/s1. The van der Waals surface area contributed by atoms with Crippen molar-refractivity contribution in [3.05, 3.63) is 80.7 Å². The average molecular weight is 391 g/mol. The zero-order chi connectivity index (χ0) is 21.3. The minimum absolute atomic E-state index is 0.0179. The molecule has 0 aliphatic carbocycles. The Morgan fingerprint density at radius 2 is 2.14 bits per heavy atom. The van der Waals surface area contributed by atoms with Crippen LogP contribution in [0, 0.1) is 25.2 Å². The maximum atomic E-state index is 13.0. The van der Waals surface area contributed by atoms with Crippen LogP contribution < -0.4 is 11.3 Å². The van der Waals surface area contributed by atoms with Crippen molar-refractivity contribution in [3.8, 4) is 6.07 Å². The number of hydrogen-bond donors (Lipinski definition) is 2. The maximum absolute atomic E-state index is 13.0. The molecule has 7 heteroatoms. The molecule has 0 saturated carbocycles. The highest BCUT2D eigenvalue weighted by Crippen LogP contribution is 2.39. The quantitative estimate of drug-likeness (QED) is 0.611. The summed E-state index contributed by atoms with van der Waals surface area (Å²) in [7, 11) is 0. The van der Waals surface area contributed by atoms with Crippen LogP contribution in [0.1, 0.15) is 29.5 Å². The number of nitriles is 1. The first-order valence-corrected chi connectivity index (χ1v) is 8.99. The van der Waals surface area contributed by atoms with E-state index >= 15 is 0 Å². The van der Waals surface area contributed by atoms with Gasteiger partial charge in [-0.2, -0.15) is 5.26 Å². The van der Waals surface area contributed by atoms with Crippen molar-refractivity contribution >= 4 is 16.9 Å². The lowest BCUT2D eigenvalue weighted by Gasteiger charge is -2.26. The molecule has 0 fully saturated rings. The number of hydrogen-bond acceptors (Lipinski definition) is 6. The number of carbonyl (C=O) groups excluding carboxylic acids is 1. The Balaban J connectivity index is 2.27. The number of aromatic nitrogens is 1. The van der Waals surface area contributed by atoms with Gasteiger partial charge in [0.05, 0.1) is 17.0 Å². The number of aromatic amines is 1. The molecule has 0 unspecified atom stereocenters. The zero-order valence-electron chi connectivity index (χ0n) is 16.5. The number of esters is 1. The molecule has 0 bridgehead atoms. The first-order chi connectivity index (χ1) is 13.8. The van der Waals surface area contributed by atoms with Gasteiger partial charge in [0.15, 0.2) is 0 Å². The van der Waals surface area contributed by atoms with E-state index in [1.54, 1.807) is 13.0 Å². The molecule has 1 aromatic carbocycles. The van der Waals surface area contributed by atoms with E-state index in [1.807, 2.05) is 32.0 Å². The third-order valence-corrected chi connectivity index (χ3v) is 5.05. The minimum atomic E-state index is -0.999. The van der Waals surface area contributed by atoms with Gasteiger partial charge < -0.3 is 20.2 Å². The third kappa shape index (κ3) is 3.41. The van der Waals surface area contributed by atoms with E-state index in [9.17, 15) is 14.9 Å². The Morgan fingerprint density at radius 1 is 1.41 bits per heavy atom. The lowest BCUT2D eigenvalue weighted by molar-refractivity contribution is -0.138. The molecule has 29 heavy (non-hydrogen) atoms. The van der Waals surface area contributed by atoms with Gasteiger partial charge in [0.25, 0.3) is 5.56 Å². The number of H-pyrrole nitrogens is 1. The van der Waals surface area contributed by atoms with Crippen LogP contribution in [0.25, 0.3) is 10.9 Å². The second-order valence-electron chi connectivity index (χ2n) is 6.81. The molecule has 2 heterocycles. The third-order valence-electron chi connectivity index (χ3n) is 5.05. The second-order valence-corrected chi connectivity index (χ2v) is 6.81. The molecule has 0 amide bonds. The van der Waals surface area contributed by atoms with Gasteiger partial charge in [-0.3, -0.25) is 4.79 Å². The molecular formula is C22H21N3O4. The van der Waals surface area contributed by atoms with Crippen molar-refractivity contribution in [1.82, 2.24) is 4.98 Å². The topological polar surface area (TPSA) is 118 Å². The Bertz CT molecular complexity index is 1190. The lowest BCUT2D eigenvalue weighted by Crippen LogP contribution is -2.29. The van der Waals surface area contributed by atoms with E-state index < -0.39 is 17.4 Å². The normalized spacial score (nSPS) is 16.4. The van der Waals surface area contributed by atoms with Crippen molar-refractivity contribution in [2.75, 3.05) is 6.61 Å². The van der Waals surface area contributed by atoms with E-state index in [0.29, 0.717) is 5.52 Å². The number of allylic oxidation sites excluding steroid dienone is 2. The van der Waals surface area contributed by atoms with Crippen molar-refractivity contribution in [1.29, 1.82) is 5.26 Å².